The lowest BCUT2D eigenvalue weighted by Gasteiger charge is -2.36. The van der Waals surface area contributed by atoms with Crippen LogP contribution in [0.5, 0.6) is 17.2 Å². The number of benzene rings is 2. The van der Waals surface area contributed by atoms with E-state index in [0.717, 1.165) is 6.42 Å². The predicted molar refractivity (Wildman–Crippen MR) is 122 cm³/mol. The molecular weight excluding hydrogens is 438 g/mol. The molecule has 176 valence electrons. The summed E-state index contributed by atoms with van der Waals surface area (Å²) in [5.41, 5.74) is -1.81. The number of nitrogens with zero attached hydrogens (tertiary/aromatic N) is 1. The Morgan fingerprint density at radius 3 is 2.50 bits per heavy atom. The van der Waals surface area contributed by atoms with Crippen LogP contribution in [0.3, 0.4) is 0 Å². The van der Waals surface area contributed by atoms with E-state index in [1.165, 1.54) is 13.2 Å². The lowest BCUT2D eigenvalue weighted by atomic mass is 9.73. The zero-order valence-corrected chi connectivity index (χ0v) is 18.8. The van der Waals surface area contributed by atoms with Gasteiger partial charge in [-0.05, 0) is 25.3 Å². The van der Waals surface area contributed by atoms with Crippen molar-refractivity contribution >= 4 is 17.3 Å². The normalized spacial score (nSPS) is 21.6. The van der Waals surface area contributed by atoms with Gasteiger partial charge in [-0.2, -0.15) is 0 Å². The van der Waals surface area contributed by atoms with Gasteiger partial charge in [-0.1, -0.05) is 24.3 Å². The Morgan fingerprint density at radius 1 is 1.06 bits per heavy atom. The first-order valence-corrected chi connectivity index (χ1v) is 11.3. The molecule has 5 rings (SSSR count). The van der Waals surface area contributed by atoms with Crippen LogP contribution in [0.25, 0.3) is 0 Å². The van der Waals surface area contributed by atoms with Crippen LogP contribution in [-0.4, -0.2) is 69.9 Å². The van der Waals surface area contributed by atoms with Gasteiger partial charge >= 0.3 is 0 Å². The molecule has 2 aromatic carbocycles. The molecule has 3 aliphatic rings. The number of Topliss-reactive ketones (excluding diaryl/α,β-unsaturated/α-hetero) is 1. The quantitative estimate of drug-likeness (QED) is 0.396. The number of phenolic OH excluding ortho intramolecular Hbond substituents is 2. The number of aliphatic hydroxyl groups is 1. The Bertz CT molecular complexity index is 1280. The van der Waals surface area contributed by atoms with E-state index in [0.29, 0.717) is 13.1 Å². The highest BCUT2D eigenvalue weighted by molar-refractivity contribution is 6.31. The van der Waals surface area contributed by atoms with Crippen LogP contribution >= 0.6 is 0 Å². The minimum atomic E-state index is -1.74. The summed E-state index contributed by atoms with van der Waals surface area (Å²) in [6.07, 6.45) is 4.72. The molecule has 8 heteroatoms. The molecule has 0 spiro atoms. The third-order valence-electron chi connectivity index (χ3n) is 7.12. The molecule has 0 saturated heterocycles. The zero-order valence-electron chi connectivity index (χ0n) is 18.8. The first-order chi connectivity index (χ1) is 16.3. The largest absolute Gasteiger partial charge is 0.507 e. The number of aromatic hydroxyl groups is 2. The first kappa shape index (κ1) is 22.3. The summed E-state index contributed by atoms with van der Waals surface area (Å²) >= 11 is 0. The molecule has 1 unspecified atom stereocenters. The molecule has 34 heavy (non-hydrogen) atoms. The third kappa shape index (κ3) is 3.25. The van der Waals surface area contributed by atoms with Gasteiger partial charge in [0, 0.05) is 36.2 Å². The lowest BCUT2D eigenvalue weighted by molar-refractivity contribution is -0.139. The number of rotatable bonds is 4. The van der Waals surface area contributed by atoms with Gasteiger partial charge in [-0.3, -0.25) is 19.3 Å². The number of hydrogen-bond acceptors (Lipinski definition) is 8. The van der Waals surface area contributed by atoms with Crippen LogP contribution in [0, 0.1) is 0 Å². The Balaban J connectivity index is 1.56. The smallest absolute Gasteiger partial charge is 0.202 e. The molecule has 0 fully saturated rings. The number of ether oxygens (including phenoxy) is 1. The van der Waals surface area contributed by atoms with Crippen LogP contribution in [-0.2, 0) is 17.6 Å². The minimum Gasteiger partial charge on any atom is -0.507 e. The Labute approximate surface area is 196 Å². The summed E-state index contributed by atoms with van der Waals surface area (Å²) in [5.74, 6) is -2.28. The summed E-state index contributed by atoms with van der Waals surface area (Å²) in [7, 11) is 1.38. The molecule has 2 aliphatic carbocycles. The number of ketones is 3. The molecule has 0 radical (unpaired) electrons. The van der Waals surface area contributed by atoms with Gasteiger partial charge in [-0.15, -0.1) is 0 Å². The Kier molecular flexibility index (Phi) is 5.30. The number of carbonyl (C=O) groups is 3. The molecular formula is C26H25NO7. The SMILES string of the molecule is COc1cccc2c1C(=O)c1c(O)c3c(c(O)c1C2=O)CC(O)(C(=O)CN1CC=CCC1)CC3. The highest BCUT2D eigenvalue weighted by Gasteiger charge is 2.45. The second-order valence-corrected chi connectivity index (χ2v) is 9.07. The van der Waals surface area contributed by atoms with Gasteiger partial charge in [-0.25, -0.2) is 0 Å². The van der Waals surface area contributed by atoms with Crippen molar-refractivity contribution in [3.8, 4) is 17.2 Å². The van der Waals surface area contributed by atoms with Crippen molar-refractivity contribution in [3.63, 3.8) is 0 Å². The van der Waals surface area contributed by atoms with Gasteiger partial charge in [0.15, 0.2) is 11.6 Å². The second-order valence-electron chi connectivity index (χ2n) is 9.07. The number of hydrogen-bond donors (Lipinski definition) is 3. The molecule has 2 aromatic rings. The average molecular weight is 463 g/mol. The van der Waals surface area contributed by atoms with Gasteiger partial charge in [0.1, 0.15) is 22.8 Å². The summed E-state index contributed by atoms with van der Waals surface area (Å²) < 4.78 is 5.25. The maximum Gasteiger partial charge on any atom is 0.202 e. The topological polar surface area (TPSA) is 124 Å². The van der Waals surface area contributed by atoms with Crippen molar-refractivity contribution < 1.29 is 34.4 Å². The molecule has 8 nitrogen and oxygen atoms in total. The monoisotopic (exact) mass is 463 g/mol. The standard InChI is InChI=1S/C26H25NO7/c1-34-17-7-5-6-15-19(17)25(32)21-20(23(15)30)24(31)16-12-26(33,9-8-14(16)22(21)29)18(28)13-27-10-3-2-4-11-27/h2-3,5-7,29,31,33H,4,8-13H2,1H3. The Hall–Kier alpha value is -3.49. The zero-order chi connectivity index (χ0) is 24.2. The summed E-state index contributed by atoms with van der Waals surface area (Å²) in [5, 5.41) is 33.4. The second kappa shape index (κ2) is 8.07. The third-order valence-corrected chi connectivity index (χ3v) is 7.12. The first-order valence-electron chi connectivity index (χ1n) is 11.3. The van der Waals surface area contributed by atoms with Gasteiger partial charge in [0.25, 0.3) is 0 Å². The van der Waals surface area contributed by atoms with E-state index in [9.17, 15) is 29.7 Å². The molecule has 1 heterocycles. The van der Waals surface area contributed by atoms with Gasteiger partial charge in [0.05, 0.1) is 30.3 Å². The van der Waals surface area contributed by atoms with Crippen molar-refractivity contribution in [2.24, 2.45) is 0 Å². The summed E-state index contributed by atoms with van der Waals surface area (Å²) in [6, 6.07) is 4.58. The number of phenols is 2. The highest BCUT2D eigenvalue weighted by atomic mass is 16.5. The van der Waals surface area contributed by atoms with Crippen molar-refractivity contribution in [2.75, 3.05) is 26.7 Å². The van der Waals surface area contributed by atoms with E-state index in [2.05, 4.69) is 0 Å². The predicted octanol–water partition coefficient (Wildman–Crippen LogP) is 1.93. The van der Waals surface area contributed by atoms with Crippen molar-refractivity contribution in [3.05, 3.63) is 63.7 Å². The van der Waals surface area contributed by atoms with E-state index in [1.807, 2.05) is 17.1 Å². The molecule has 0 saturated carbocycles. The highest BCUT2D eigenvalue weighted by Crippen LogP contribution is 2.48. The van der Waals surface area contributed by atoms with Crippen LogP contribution in [0.15, 0.2) is 30.4 Å². The molecule has 3 N–H and O–H groups in total. The maximum absolute atomic E-state index is 13.3. The van der Waals surface area contributed by atoms with Crippen molar-refractivity contribution in [2.45, 2.75) is 31.3 Å². The van der Waals surface area contributed by atoms with Crippen LogP contribution in [0.4, 0.5) is 0 Å². The van der Waals surface area contributed by atoms with E-state index in [-0.39, 0.29) is 70.7 Å². The average Bonchev–Trinajstić information content (AvgIpc) is 2.84. The van der Waals surface area contributed by atoms with Crippen molar-refractivity contribution in [1.82, 2.24) is 4.90 Å². The van der Waals surface area contributed by atoms with Gasteiger partial charge in [0.2, 0.25) is 5.78 Å². The fraction of sp³-hybridized carbons (Fsp3) is 0.346. The Morgan fingerprint density at radius 2 is 1.79 bits per heavy atom. The molecule has 1 atom stereocenters. The van der Waals surface area contributed by atoms with E-state index >= 15 is 0 Å². The number of fused-ring (bicyclic) bond motifs is 3. The van der Waals surface area contributed by atoms with Crippen LogP contribution in [0.2, 0.25) is 0 Å². The fourth-order valence-electron chi connectivity index (χ4n) is 5.24. The van der Waals surface area contributed by atoms with Crippen LogP contribution < -0.4 is 4.74 Å². The summed E-state index contributed by atoms with van der Waals surface area (Å²) in [4.78, 5) is 41.6. The van der Waals surface area contributed by atoms with Crippen LogP contribution in [0.1, 0.15) is 55.8 Å². The molecule has 0 amide bonds. The van der Waals surface area contributed by atoms with E-state index in [4.69, 9.17) is 4.74 Å². The molecule has 1 aliphatic heterocycles. The van der Waals surface area contributed by atoms with Crippen molar-refractivity contribution in [1.29, 1.82) is 0 Å². The molecule has 0 aromatic heterocycles. The fourth-order valence-corrected chi connectivity index (χ4v) is 5.24. The number of carbonyl (C=O) groups excluding carboxylic acids is 3. The number of methoxy groups -OCH3 is 1. The van der Waals surface area contributed by atoms with E-state index < -0.39 is 28.7 Å². The summed E-state index contributed by atoms with van der Waals surface area (Å²) in [6.45, 7) is 1.41. The molecule has 0 bridgehead atoms. The minimum absolute atomic E-state index is 0.0372. The van der Waals surface area contributed by atoms with Gasteiger partial charge < -0.3 is 20.1 Å². The maximum atomic E-state index is 13.3. The van der Waals surface area contributed by atoms with E-state index in [1.54, 1.807) is 12.1 Å². The lowest BCUT2D eigenvalue weighted by Crippen LogP contribution is -2.49.